The van der Waals surface area contributed by atoms with Crippen molar-refractivity contribution in [2.24, 2.45) is 5.41 Å². The first-order valence-corrected chi connectivity index (χ1v) is 10.8. The van der Waals surface area contributed by atoms with E-state index in [1.165, 1.54) is 24.3 Å². The van der Waals surface area contributed by atoms with Crippen molar-refractivity contribution in [2.75, 3.05) is 26.7 Å². The molecule has 2 heterocycles. The molecule has 1 aliphatic heterocycles. The number of aliphatic hydroxyl groups is 1. The van der Waals surface area contributed by atoms with Gasteiger partial charge >= 0.3 is 6.36 Å². The summed E-state index contributed by atoms with van der Waals surface area (Å²) in [4.78, 5) is 6.36. The zero-order valence-corrected chi connectivity index (χ0v) is 19.3. The van der Waals surface area contributed by atoms with Crippen LogP contribution in [0.25, 0.3) is 11.5 Å². The number of hydrogen-bond acceptors (Lipinski definition) is 7. The Balaban J connectivity index is 1.84. The standard InChI is InChI=1S/C24H26F3N3O4/c1-5-32-20-11-8-17(12-19(20)21-28-15(2)29-34-21)23(31,22(3)13-30(4)14-22)16-6-9-18(10-7-16)33-24(25,26)27/h6-12,31H,5,13-14H2,1-4H3. The van der Waals surface area contributed by atoms with Crippen molar-refractivity contribution >= 4 is 0 Å². The Morgan fingerprint density at radius 2 is 1.76 bits per heavy atom. The average Bonchev–Trinajstić information content (AvgIpc) is 3.18. The van der Waals surface area contributed by atoms with Crippen LogP contribution in [0.4, 0.5) is 13.2 Å². The van der Waals surface area contributed by atoms with Gasteiger partial charge in [-0.15, -0.1) is 13.2 Å². The maximum absolute atomic E-state index is 12.6. The molecule has 0 aliphatic carbocycles. The molecule has 34 heavy (non-hydrogen) atoms. The van der Waals surface area contributed by atoms with Crippen LogP contribution in [0.3, 0.4) is 0 Å². The minimum absolute atomic E-state index is 0.245. The molecule has 0 bridgehead atoms. The molecule has 1 aromatic heterocycles. The molecule has 3 aromatic rings. The van der Waals surface area contributed by atoms with Gasteiger partial charge < -0.3 is 24.0 Å². The molecule has 1 atom stereocenters. The van der Waals surface area contributed by atoms with Gasteiger partial charge in [-0.05, 0) is 56.3 Å². The summed E-state index contributed by atoms with van der Waals surface area (Å²) in [5.74, 6) is 0.853. The van der Waals surface area contributed by atoms with E-state index in [0.717, 1.165) is 0 Å². The van der Waals surface area contributed by atoms with Crippen LogP contribution in [0.1, 0.15) is 30.8 Å². The summed E-state index contributed by atoms with van der Waals surface area (Å²) in [6.45, 7) is 7.05. The van der Waals surface area contributed by atoms with E-state index in [1.54, 1.807) is 25.1 Å². The second-order valence-corrected chi connectivity index (χ2v) is 8.81. The Labute approximate surface area is 195 Å². The van der Waals surface area contributed by atoms with E-state index in [4.69, 9.17) is 9.26 Å². The van der Waals surface area contributed by atoms with E-state index in [0.29, 0.717) is 48.0 Å². The van der Waals surface area contributed by atoms with Gasteiger partial charge in [-0.2, -0.15) is 4.98 Å². The Bertz CT molecular complexity index is 1160. The minimum Gasteiger partial charge on any atom is -0.493 e. The highest BCUT2D eigenvalue weighted by atomic mass is 19.4. The van der Waals surface area contributed by atoms with Crippen LogP contribution in [-0.4, -0.2) is 53.3 Å². The molecule has 2 aromatic carbocycles. The van der Waals surface area contributed by atoms with Crippen LogP contribution in [0.15, 0.2) is 47.0 Å². The number of rotatable bonds is 7. The minimum atomic E-state index is -4.80. The second kappa shape index (κ2) is 8.59. The number of likely N-dealkylation sites (tertiary alicyclic amines) is 1. The summed E-state index contributed by atoms with van der Waals surface area (Å²) in [5, 5.41) is 16.1. The molecule has 7 nitrogen and oxygen atoms in total. The van der Waals surface area contributed by atoms with Gasteiger partial charge in [0.25, 0.3) is 5.89 Å². The number of aromatic nitrogens is 2. The molecular weight excluding hydrogens is 451 g/mol. The van der Waals surface area contributed by atoms with Crippen LogP contribution in [-0.2, 0) is 5.60 Å². The number of alkyl halides is 3. The Hall–Kier alpha value is -3.11. The molecule has 1 N–H and O–H groups in total. The number of benzene rings is 2. The fourth-order valence-electron chi connectivity index (χ4n) is 4.75. The number of nitrogens with zero attached hydrogens (tertiary/aromatic N) is 3. The van der Waals surface area contributed by atoms with Crippen molar-refractivity contribution in [3.63, 3.8) is 0 Å². The zero-order valence-electron chi connectivity index (χ0n) is 19.3. The quantitative estimate of drug-likeness (QED) is 0.536. The third-order valence-electron chi connectivity index (χ3n) is 6.07. The lowest BCUT2D eigenvalue weighted by molar-refractivity contribution is -0.274. The van der Waals surface area contributed by atoms with Gasteiger partial charge in [0.2, 0.25) is 0 Å². The monoisotopic (exact) mass is 477 g/mol. The summed E-state index contributed by atoms with van der Waals surface area (Å²) >= 11 is 0. The van der Waals surface area contributed by atoms with Crippen molar-refractivity contribution < 1.29 is 32.3 Å². The molecular formula is C24H26F3N3O4. The largest absolute Gasteiger partial charge is 0.573 e. The molecule has 1 unspecified atom stereocenters. The molecule has 182 valence electrons. The summed E-state index contributed by atoms with van der Waals surface area (Å²) in [6.07, 6.45) is -4.80. The first-order chi connectivity index (χ1) is 15.9. The molecule has 10 heteroatoms. The number of hydrogen-bond donors (Lipinski definition) is 1. The van der Waals surface area contributed by atoms with Crippen molar-refractivity contribution in [2.45, 2.75) is 32.7 Å². The van der Waals surface area contributed by atoms with Gasteiger partial charge in [-0.3, -0.25) is 0 Å². The lowest BCUT2D eigenvalue weighted by Gasteiger charge is -2.56. The van der Waals surface area contributed by atoms with E-state index in [2.05, 4.69) is 19.8 Å². The maximum atomic E-state index is 12.6. The van der Waals surface area contributed by atoms with Gasteiger partial charge in [0.05, 0.1) is 12.2 Å². The lowest BCUT2D eigenvalue weighted by Crippen LogP contribution is -2.63. The van der Waals surface area contributed by atoms with E-state index < -0.39 is 17.4 Å². The van der Waals surface area contributed by atoms with Crippen LogP contribution in [0.2, 0.25) is 0 Å². The molecule has 0 radical (unpaired) electrons. The van der Waals surface area contributed by atoms with Crippen molar-refractivity contribution in [1.29, 1.82) is 0 Å². The predicted molar refractivity (Wildman–Crippen MR) is 117 cm³/mol. The average molecular weight is 477 g/mol. The highest BCUT2D eigenvalue weighted by Crippen LogP contribution is 2.51. The highest BCUT2D eigenvalue weighted by Gasteiger charge is 2.55. The predicted octanol–water partition coefficient (Wildman–Crippen LogP) is 4.53. The first-order valence-electron chi connectivity index (χ1n) is 10.8. The van der Waals surface area contributed by atoms with E-state index in [1.807, 2.05) is 20.9 Å². The van der Waals surface area contributed by atoms with Crippen LogP contribution >= 0.6 is 0 Å². The Morgan fingerprint density at radius 3 is 2.29 bits per heavy atom. The van der Waals surface area contributed by atoms with Crippen LogP contribution < -0.4 is 9.47 Å². The number of ether oxygens (including phenoxy) is 2. The summed E-state index contributed by atoms with van der Waals surface area (Å²) in [7, 11) is 1.94. The van der Waals surface area contributed by atoms with Gasteiger partial charge in [0.15, 0.2) is 5.82 Å². The second-order valence-electron chi connectivity index (χ2n) is 8.81. The van der Waals surface area contributed by atoms with Gasteiger partial charge in [0, 0.05) is 18.5 Å². The number of halogens is 3. The molecule has 0 saturated carbocycles. The van der Waals surface area contributed by atoms with Crippen LogP contribution in [0, 0.1) is 12.3 Å². The van der Waals surface area contributed by atoms with E-state index in [-0.39, 0.29) is 11.6 Å². The molecule has 0 spiro atoms. The SMILES string of the molecule is CCOc1ccc(C(O)(c2ccc(OC(F)(F)F)cc2)C2(C)CN(C)C2)cc1-c1nc(C)no1. The smallest absolute Gasteiger partial charge is 0.493 e. The first kappa shape index (κ1) is 24.0. The van der Waals surface area contributed by atoms with Gasteiger partial charge in [-0.25, -0.2) is 0 Å². The Morgan fingerprint density at radius 1 is 1.12 bits per heavy atom. The van der Waals surface area contributed by atoms with Crippen molar-refractivity contribution in [1.82, 2.24) is 15.0 Å². The molecule has 1 aliphatic rings. The Kier molecular flexibility index (Phi) is 6.07. The van der Waals surface area contributed by atoms with Crippen LogP contribution in [0.5, 0.6) is 11.5 Å². The molecule has 0 amide bonds. The topological polar surface area (TPSA) is 80.9 Å². The number of aryl methyl sites for hydroxylation is 1. The fraction of sp³-hybridized carbons (Fsp3) is 0.417. The molecule has 1 saturated heterocycles. The van der Waals surface area contributed by atoms with E-state index in [9.17, 15) is 18.3 Å². The highest BCUT2D eigenvalue weighted by molar-refractivity contribution is 5.65. The lowest BCUT2D eigenvalue weighted by atomic mass is 9.62. The normalized spacial score (nSPS) is 17.6. The summed E-state index contributed by atoms with van der Waals surface area (Å²) < 4.78 is 53.0. The zero-order chi connectivity index (χ0) is 24.7. The molecule has 4 rings (SSSR count). The maximum Gasteiger partial charge on any atom is 0.573 e. The third-order valence-corrected chi connectivity index (χ3v) is 6.07. The summed E-state index contributed by atoms with van der Waals surface area (Å²) in [6, 6.07) is 10.5. The third kappa shape index (κ3) is 4.35. The van der Waals surface area contributed by atoms with Crippen molar-refractivity contribution in [3.05, 3.63) is 59.4 Å². The van der Waals surface area contributed by atoms with Gasteiger partial charge in [-0.1, -0.05) is 30.3 Å². The van der Waals surface area contributed by atoms with Gasteiger partial charge in [0.1, 0.15) is 17.1 Å². The summed E-state index contributed by atoms with van der Waals surface area (Å²) in [5.41, 5.74) is -0.670. The fourth-order valence-corrected chi connectivity index (χ4v) is 4.75. The van der Waals surface area contributed by atoms with Crippen molar-refractivity contribution in [3.8, 4) is 23.0 Å². The molecule has 1 fully saturated rings. The van der Waals surface area contributed by atoms with E-state index >= 15 is 0 Å².